The Labute approximate surface area is 144 Å². The van der Waals surface area contributed by atoms with Crippen molar-refractivity contribution in [2.75, 3.05) is 0 Å². The molecule has 23 heavy (non-hydrogen) atoms. The van der Waals surface area contributed by atoms with Gasteiger partial charge in [0.25, 0.3) is 0 Å². The first-order valence-electron chi connectivity index (χ1n) is 7.40. The third-order valence-electron chi connectivity index (χ3n) is 3.98. The zero-order valence-corrected chi connectivity index (χ0v) is 14.0. The van der Waals surface area contributed by atoms with E-state index in [1.165, 1.54) is 0 Å². The fraction of sp³-hybridized carbons (Fsp3) is 0.176. The number of benzene rings is 1. The zero-order chi connectivity index (χ0) is 16.0. The maximum absolute atomic E-state index is 6.57. The van der Waals surface area contributed by atoms with Crippen molar-refractivity contribution in [3.05, 3.63) is 70.8 Å². The number of hydrogen-bond acceptors (Lipinski definition) is 2. The standard InChI is InChI=1S/C17H14Cl2N4/c1-2-22-10-11(9-20-22)16-14-7-8-15(18)23(14)13-6-4-3-5-12(13)17(19)21-16/h3-10,17H,2H2,1H3. The largest absolute Gasteiger partial charge is 0.298 e. The fourth-order valence-electron chi connectivity index (χ4n) is 2.86. The van der Waals surface area contributed by atoms with Crippen LogP contribution in [0.15, 0.2) is 53.8 Å². The lowest BCUT2D eigenvalue weighted by Gasteiger charge is -2.12. The van der Waals surface area contributed by atoms with Gasteiger partial charge in [0, 0.05) is 23.9 Å². The predicted octanol–water partition coefficient (Wildman–Crippen LogP) is 4.44. The highest BCUT2D eigenvalue weighted by Gasteiger charge is 2.25. The SMILES string of the molecule is CCn1cc(C2=NC(Cl)c3ccccc3-n3c(Cl)ccc32)cn1. The summed E-state index contributed by atoms with van der Waals surface area (Å²) >= 11 is 13.0. The third kappa shape index (κ3) is 2.30. The van der Waals surface area contributed by atoms with Crippen molar-refractivity contribution < 1.29 is 0 Å². The first kappa shape index (κ1) is 14.5. The van der Waals surface area contributed by atoms with Gasteiger partial charge in [-0.15, -0.1) is 0 Å². The Morgan fingerprint density at radius 1 is 1.17 bits per heavy atom. The smallest absolute Gasteiger partial charge is 0.151 e. The summed E-state index contributed by atoms with van der Waals surface area (Å²) in [5.41, 5.74) is 4.07. The Bertz CT molecular complexity index is 907. The molecule has 0 aliphatic carbocycles. The van der Waals surface area contributed by atoms with Crippen LogP contribution in [0.4, 0.5) is 0 Å². The van der Waals surface area contributed by atoms with Gasteiger partial charge >= 0.3 is 0 Å². The average molecular weight is 345 g/mol. The van der Waals surface area contributed by atoms with Gasteiger partial charge in [-0.3, -0.25) is 14.2 Å². The van der Waals surface area contributed by atoms with E-state index in [1.54, 1.807) is 0 Å². The van der Waals surface area contributed by atoms with Gasteiger partial charge in [0.15, 0.2) is 5.50 Å². The molecule has 1 aliphatic rings. The molecule has 116 valence electrons. The molecule has 6 heteroatoms. The Morgan fingerprint density at radius 2 is 2.00 bits per heavy atom. The minimum Gasteiger partial charge on any atom is -0.298 e. The van der Waals surface area contributed by atoms with Gasteiger partial charge in [0.2, 0.25) is 0 Å². The molecule has 0 radical (unpaired) electrons. The molecule has 1 aromatic carbocycles. The summed E-state index contributed by atoms with van der Waals surface area (Å²) in [6.07, 6.45) is 3.79. The van der Waals surface area contributed by atoms with Crippen LogP contribution in [0.3, 0.4) is 0 Å². The van der Waals surface area contributed by atoms with Gasteiger partial charge in [-0.05, 0) is 25.1 Å². The average Bonchev–Trinajstić information content (AvgIpc) is 3.16. The maximum Gasteiger partial charge on any atom is 0.151 e. The highest BCUT2D eigenvalue weighted by molar-refractivity contribution is 6.31. The van der Waals surface area contributed by atoms with Crippen molar-refractivity contribution >= 4 is 28.9 Å². The van der Waals surface area contributed by atoms with Crippen molar-refractivity contribution in [3.8, 4) is 5.69 Å². The summed E-state index contributed by atoms with van der Waals surface area (Å²) in [4.78, 5) is 4.74. The molecule has 0 saturated heterocycles. The number of aromatic nitrogens is 3. The molecule has 0 spiro atoms. The summed E-state index contributed by atoms with van der Waals surface area (Å²) in [5.74, 6) is 0. The predicted molar refractivity (Wildman–Crippen MR) is 92.9 cm³/mol. The van der Waals surface area contributed by atoms with E-state index in [-0.39, 0.29) is 0 Å². The number of aryl methyl sites for hydroxylation is 1. The quantitative estimate of drug-likeness (QED) is 0.500. The van der Waals surface area contributed by atoms with Crippen LogP contribution in [-0.2, 0) is 6.54 Å². The molecule has 1 atom stereocenters. The lowest BCUT2D eigenvalue weighted by atomic mass is 10.1. The van der Waals surface area contributed by atoms with Crippen molar-refractivity contribution in [1.82, 2.24) is 14.3 Å². The molecule has 0 amide bonds. The number of nitrogens with zero attached hydrogens (tertiary/aromatic N) is 4. The highest BCUT2D eigenvalue weighted by Crippen LogP contribution is 2.36. The molecule has 4 rings (SSSR count). The molecular formula is C17H14Cl2N4. The summed E-state index contributed by atoms with van der Waals surface area (Å²) < 4.78 is 3.86. The van der Waals surface area contributed by atoms with Gasteiger partial charge in [0.1, 0.15) is 5.15 Å². The topological polar surface area (TPSA) is 35.1 Å². The van der Waals surface area contributed by atoms with Gasteiger partial charge in [0.05, 0.1) is 23.3 Å². The lowest BCUT2D eigenvalue weighted by Crippen LogP contribution is -2.08. The van der Waals surface area contributed by atoms with Crippen molar-refractivity contribution in [1.29, 1.82) is 0 Å². The number of rotatable bonds is 2. The molecule has 0 fully saturated rings. The molecule has 0 N–H and O–H groups in total. The van der Waals surface area contributed by atoms with Gasteiger partial charge in [-0.25, -0.2) is 0 Å². The number of halogens is 2. The highest BCUT2D eigenvalue weighted by atomic mass is 35.5. The molecule has 1 aliphatic heterocycles. The minimum atomic E-state index is -0.470. The number of para-hydroxylation sites is 1. The molecule has 2 aromatic heterocycles. The second kappa shape index (κ2) is 5.55. The molecule has 0 bridgehead atoms. The van der Waals surface area contributed by atoms with Crippen LogP contribution in [0.5, 0.6) is 0 Å². The summed E-state index contributed by atoms with van der Waals surface area (Å²) in [7, 11) is 0. The van der Waals surface area contributed by atoms with Crippen LogP contribution in [-0.4, -0.2) is 20.1 Å². The van der Waals surface area contributed by atoms with E-state index < -0.39 is 5.50 Å². The second-order valence-corrected chi connectivity index (χ2v) is 6.13. The van der Waals surface area contributed by atoms with E-state index >= 15 is 0 Å². The molecule has 3 aromatic rings. The number of alkyl halides is 1. The van der Waals surface area contributed by atoms with E-state index in [4.69, 9.17) is 28.2 Å². The molecule has 3 heterocycles. The lowest BCUT2D eigenvalue weighted by molar-refractivity contribution is 0.660. The fourth-order valence-corrected chi connectivity index (χ4v) is 3.39. The first-order valence-corrected chi connectivity index (χ1v) is 8.22. The van der Waals surface area contributed by atoms with Crippen molar-refractivity contribution in [3.63, 3.8) is 0 Å². The number of aliphatic imine (C=N–C) groups is 1. The van der Waals surface area contributed by atoms with Crippen molar-refractivity contribution in [2.24, 2.45) is 4.99 Å². The molecule has 0 saturated carbocycles. The second-order valence-electron chi connectivity index (χ2n) is 5.33. The minimum absolute atomic E-state index is 0.470. The van der Waals surface area contributed by atoms with E-state index in [2.05, 4.69) is 5.10 Å². The van der Waals surface area contributed by atoms with Crippen LogP contribution in [0.2, 0.25) is 5.15 Å². The molecular weight excluding hydrogens is 331 g/mol. The third-order valence-corrected chi connectivity index (χ3v) is 4.61. The van der Waals surface area contributed by atoms with E-state index in [1.807, 2.05) is 65.0 Å². The van der Waals surface area contributed by atoms with Crippen LogP contribution in [0.25, 0.3) is 5.69 Å². The van der Waals surface area contributed by atoms with E-state index in [0.29, 0.717) is 5.15 Å². The van der Waals surface area contributed by atoms with E-state index in [0.717, 1.165) is 34.8 Å². The zero-order valence-electron chi connectivity index (χ0n) is 12.4. The first-order chi connectivity index (χ1) is 11.2. The molecule has 4 nitrogen and oxygen atoms in total. The van der Waals surface area contributed by atoms with Crippen molar-refractivity contribution in [2.45, 2.75) is 19.0 Å². The van der Waals surface area contributed by atoms with Crippen LogP contribution < -0.4 is 0 Å². The summed E-state index contributed by atoms with van der Waals surface area (Å²) in [5, 5.41) is 4.98. The Kier molecular flexibility index (Phi) is 3.51. The van der Waals surface area contributed by atoms with Crippen LogP contribution in [0, 0.1) is 0 Å². The molecule has 1 unspecified atom stereocenters. The summed E-state index contributed by atoms with van der Waals surface area (Å²) in [6, 6.07) is 11.8. The van der Waals surface area contributed by atoms with Gasteiger partial charge in [-0.2, -0.15) is 5.10 Å². The monoisotopic (exact) mass is 344 g/mol. The van der Waals surface area contributed by atoms with Crippen LogP contribution >= 0.6 is 23.2 Å². The normalized spacial score (nSPS) is 16.5. The summed E-state index contributed by atoms with van der Waals surface area (Å²) in [6.45, 7) is 2.85. The Balaban J connectivity index is 1.98. The Morgan fingerprint density at radius 3 is 2.78 bits per heavy atom. The number of fused-ring (bicyclic) bond motifs is 3. The van der Waals surface area contributed by atoms with Gasteiger partial charge < -0.3 is 0 Å². The van der Waals surface area contributed by atoms with E-state index in [9.17, 15) is 0 Å². The number of hydrogen-bond donors (Lipinski definition) is 0. The van der Waals surface area contributed by atoms with Crippen LogP contribution in [0.1, 0.15) is 29.2 Å². The maximum atomic E-state index is 6.57. The van der Waals surface area contributed by atoms with Gasteiger partial charge in [-0.1, -0.05) is 41.4 Å². The Hall–Kier alpha value is -2.04.